The molecular formula is C19H16N4O5. The van der Waals surface area contributed by atoms with Gasteiger partial charge in [0, 0.05) is 18.2 Å². The topological polar surface area (TPSA) is 112 Å². The Bertz CT molecular complexity index is 1300. The number of ether oxygens (including phenoxy) is 2. The van der Waals surface area contributed by atoms with Gasteiger partial charge in [-0.05, 0) is 36.4 Å². The molecule has 0 amide bonds. The molecule has 4 rings (SSSR count). The molecule has 9 heteroatoms. The number of H-pyrrole nitrogens is 1. The standard InChI is InChI=1S/C19H16N4O5/c1-23-13-6-4-10(8-12(13)20-17(24)19(23)25)16-21-18(28-22-16)11-5-7-14(26-2)15(9-11)27-3/h4-9H,1-3H3,(H,20,24). The molecule has 0 spiro atoms. The third kappa shape index (κ3) is 2.82. The highest BCUT2D eigenvalue weighted by atomic mass is 16.5. The number of aryl methyl sites for hydroxylation is 1. The monoisotopic (exact) mass is 380 g/mol. The average Bonchev–Trinajstić information content (AvgIpc) is 3.21. The molecule has 0 atom stereocenters. The molecule has 0 aliphatic rings. The van der Waals surface area contributed by atoms with Crippen molar-refractivity contribution >= 4 is 11.0 Å². The summed E-state index contributed by atoms with van der Waals surface area (Å²) in [7, 11) is 4.65. The summed E-state index contributed by atoms with van der Waals surface area (Å²) in [5, 5.41) is 4.01. The fraction of sp³-hybridized carbons (Fsp3) is 0.158. The minimum Gasteiger partial charge on any atom is -0.493 e. The highest BCUT2D eigenvalue weighted by Gasteiger charge is 2.14. The molecule has 0 radical (unpaired) electrons. The van der Waals surface area contributed by atoms with Crippen LogP contribution in [0.4, 0.5) is 0 Å². The summed E-state index contributed by atoms with van der Waals surface area (Å²) in [6.45, 7) is 0. The number of fused-ring (bicyclic) bond motifs is 1. The van der Waals surface area contributed by atoms with E-state index in [9.17, 15) is 9.59 Å². The molecule has 0 saturated carbocycles. The van der Waals surface area contributed by atoms with Gasteiger partial charge in [-0.25, -0.2) is 0 Å². The van der Waals surface area contributed by atoms with E-state index in [-0.39, 0.29) is 0 Å². The highest BCUT2D eigenvalue weighted by Crippen LogP contribution is 2.32. The summed E-state index contributed by atoms with van der Waals surface area (Å²) >= 11 is 0. The lowest BCUT2D eigenvalue weighted by Crippen LogP contribution is -2.34. The Labute approximate surface area is 158 Å². The first kappa shape index (κ1) is 17.5. The van der Waals surface area contributed by atoms with Crippen LogP contribution < -0.4 is 20.6 Å². The summed E-state index contributed by atoms with van der Waals surface area (Å²) in [4.78, 5) is 30.5. The van der Waals surface area contributed by atoms with Crippen LogP contribution in [0.25, 0.3) is 33.9 Å². The van der Waals surface area contributed by atoms with Crippen molar-refractivity contribution < 1.29 is 14.0 Å². The van der Waals surface area contributed by atoms with E-state index in [2.05, 4.69) is 15.1 Å². The third-order valence-corrected chi connectivity index (χ3v) is 4.42. The minimum absolute atomic E-state index is 0.310. The van der Waals surface area contributed by atoms with Crippen molar-refractivity contribution in [3.8, 4) is 34.3 Å². The van der Waals surface area contributed by atoms with Crippen LogP contribution in [0.1, 0.15) is 0 Å². The zero-order valence-electron chi connectivity index (χ0n) is 15.3. The van der Waals surface area contributed by atoms with Gasteiger partial charge in [0.25, 0.3) is 5.89 Å². The van der Waals surface area contributed by atoms with Gasteiger partial charge in [0.05, 0.1) is 25.3 Å². The largest absolute Gasteiger partial charge is 0.493 e. The van der Waals surface area contributed by atoms with Crippen molar-refractivity contribution in [3.63, 3.8) is 0 Å². The molecule has 28 heavy (non-hydrogen) atoms. The van der Waals surface area contributed by atoms with E-state index in [1.165, 1.54) is 4.57 Å². The number of methoxy groups -OCH3 is 2. The SMILES string of the molecule is COc1ccc(-c2nc(-c3ccc4c(c3)[nH]c(=O)c(=O)n4C)no2)cc1OC. The number of rotatable bonds is 4. The molecule has 1 N–H and O–H groups in total. The van der Waals surface area contributed by atoms with Crippen molar-refractivity contribution in [3.05, 3.63) is 57.1 Å². The van der Waals surface area contributed by atoms with E-state index >= 15 is 0 Å². The van der Waals surface area contributed by atoms with E-state index < -0.39 is 11.1 Å². The zero-order chi connectivity index (χ0) is 19.8. The Kier molecular flexibility index (Phi) is 4.19. The van der Waals surface area contributed by atoms with Gasteiger partial charge in [0.2, 0.25) is 5.82 Å². The van der Waals surface area contributed by atoms with Crippen LogP contribution >= 0.6 is 0 Å². The molecule has 0 bridgehead atoms. The second kappa shape index (κ2) is 6.69. The summed E-state index contributed by atoms with van der Waals surface area (Å²) in [5.41, 5.74) is 1.10. The van der Waals surface area contributed by atoms with Crippen molar-refractivity contribution in [2.75, 3.05) is 14.2 Å². The normalized spacial score (nSPS) is 11.0. The molecule has 4 aromatic rings. The average molecular weight is 380 g/mol. The third-order valence-electron chi connectivity index (χ3n) is 4.42. The highest BCUT2D eigenvalue weighted by molar-refractivity contribution is 5.80. The molecule has 0 unspecified atom stereocenters. The predicted octanol–water partition coefficient (Wildman–Crippen LogP) is 1.96. The summed E-state index contributed by atoms with van der Waals surface area (Å²) in [5.74, 6) is 1.80. The van der Waals surface area contributed by atoms with Crippen LogP contribution in [0, 0.1) is 0 Å². The Hall–Kier alpha value is -3.88. The second-order valence-corrected chi connectivity index (χ2v) is 6.04. The second-order valence-electron chi connectivity index (χ2n) is 6.04. The maximum absolute atomic E-state index is 11.8. The van der Waals surface area contributed by atoms with Crippen molar-refractivity contribution in [1.82, 2.24) is 19.7 Å². The Morgan fingerprint density at radius 2 is 1.75 bits per heavy atom. The molecule has 0 aliphatic carbocycles. The molecule has 0 saturated heterocycles. The fourth-order valence-electron chi connectivity index (χ4n) is 2.93. The molecule has 0 aliphatic heterocycles. The van der Waals surface area contributed by atoms with E-state index in [0.717, 1.165) is 0 Å². The number of hydrogen-bond acceptors (Lipinski definition) is 7. The van der Waals surface area contributed by atoms with E-state index in [0.29, 0.717) is 45.4 Å². The quantitative estimate of drug-likeness (QED) is 0.539. The first-order valence-electron chi connectivity index (χ1n) is 8.31. The molecule has 0 fully saturated rings. The summed E-state index contributed by atoms with van der Waals surface area (Å²) in [6.07, 6.45) is 0. The number of aromatic amines is 1. The number of hydrogen-bond donors (Lipinski definition) is 1. The number of benzene rings is 2. The van der Waals surface area contributed by atoms with Gasteiger partial charge in [0.1, 0.15) is 0 Å². The lowest BCUT2D eigenvalue weighted by Gasteiger charge is -2.07. The van der Waals surface area contributed by atoms with E-state index in [4.69, 9.17) is 14.0 Å². The van der Waals surface area contributed by atoms with E-state index in [1.54, 1.807) is 57.7 Å². The van der Waals surface area contributed by atoms with Gasteiger partial charge < -0.3 is 23.5 Å². The minimum atomic E-state index is -0.689. The van der Waals surface area contributed by atoms with E-state index in [1.807, 2.05) is 0 Å². The van der Waals surface area contributed by atoms with Gasteiger partial charge in [-0.1, -0.05) is 5.16 Å². The maximum Gasteiger partial charge on any atom is 0.316 e. The molecule has 2 heterocycles. The molecule has 9 nitrogen and oxygen atoms in total. The van der Waals surface area contributed by atoms with Crippen LogP contribution in [0.15, 0.2) is 50.5 Å². The van der Waals surface area contributed by atoms with Crippen molar-refractivity contribution in [2.24, 2.45) is 7.05 Å². The Morgan fingerprint density at radius 1 is 1.00 bits per heavy atom. The van der Waals surface area contributed by atoms with Gasteiger partial charge >= 0.3 is 11.1 Å². The van der Waals surface area contributed by atoms with Crippen LogP contribution in [-0.4, -0.2) is 33.9 Å². The first-order chi connectivity index (χ1) is 13.5. The first-order valence-corrected chi connectivity index (χ1v) is 8.31. The summed E-state index contributed by atoms with van der Waals surface area (Å²) < 4.78 is 17.2. The number of nitrogens with one attached hydrogen (secondary N) is 1. The van der Waals surface area contributed by atoms with Gasteiger partial charge in [0.15, 0.2) is 11.5 Å². The smallest absolute Gasteiger partial charge is 0.316 e. The van der Waals surface area contributed by atoms with Crippen molar-refractivity contribution in [2.45, 2.75) is 0 Å². The van der Waals surface area contributed by atoms with Gasteiger partial charge in [-0.15, -0.1) is 0 Å². The lowest BCUT2D eigenvalue weighted by atomic mass is 10.1. The van der Waals surface area contributed by atoms with Crippen LogP contribution in [0.5, 0.6) is 11.5 Å². The zero-order valence-corrected chi connectivity index (χ0v) is 15.3. The lowest BCUT2D eigenvalue weighted by molar-refractivity contribution is 0.355. The number of aromatic nitrogens is 4. The Morgan fingerprint density at radius 3 is 2.50 bits per heavy atom. The van der Waals surface area contributed by atoms with Gasteiger partial charge in [-0.3, -0.25) is 9.59 Å². The van der Waals surface area contributed by atoms with Gasteiger partial charge in [-0.2, -0.15) is 4.98 Å². The summed E-state index contributed by atoms with van der Waals surface area (Å²) in [6, 6.07) is 10.4. The molecule has 2 aromatic carbocycles. The molecular weight excluding hydrogens is 364 g/mol. The Balaban J connectivity index is 1.76. The predicted molar refractivity (Wildman–Crippen MR) is 102 cm³/mol. The number of nitrogens with zero attached hydrogens (tertiary/aromatic N) is 3. The van der Waals surface area contributed by atoms with Crippen LogP contribution in [0.2, 0.25) is 0 Å². The van der Waals surface area contributed by atoms with Crippen molar-refractivity contribution in [1.29, 1.82) is 0 Å². The molecule has 2 aromatic heterocycles. The molecule has 142 valence electrons. The fourth-order valence-corrected chi connectivity index (χ4v) is 2.93. The van der Waals surface area contributed by atoms with Crippen LogP contribution in [0.3, 0.4) is 0 Å². The van der Waals surface area contributed by atoms with Crippen LogP contribution in [-0.2, 0) is 7.05 Å². The maximum atomic E-state index is 11.8.